The summed E-state index contributed by atoms with van der Waals surface area (Å²) in [6.07, 6.45) is 3.76. The number of nitrogens with one attached hydrogen (secondary N) is 2. The summed E-state index contributed by atoms with van der Waals surface area (Å²) in [4.78, 5) is 37.8. The molecule has 1 saturated carbocycles. The van der Waals surface area contributed by atoms with E-state index in [2.05, 4.69) is 17.6 Å². The van der Waals surface area contributed by atoms with Crippen LogP contribution in [-0.2, 0) is 22.7 Å². The first-order valence-corrected chi connectivity index (χ1v) is 8.89. The molecule has 2 fully saturated rings. The molecule has 4 amide bonds. The minimum Gasteiger partial charge on any atom is -0.352 e. The zero-order valence-corrected chi connectivity index (χ0v) is 14.8. The van der Waals surface area contributed by atoms with Gasteiger partial charge >= 0.3 is 6.03 Å². The maximum absolute atomic E-state index is 13.0. The number of nitrogens with zero attached hydrogens (tertiary/aromatic N) is 1. The van der Waals surface area contributed by atoms with Crippen molar-refractivity contribution in [3.05, 3.63) is 35.4 Å². The van der Waals surface area contributed by atoms with Crippen molar-refractivity contribution in [1.29, 1.82) is 0 Å². The number of urea groups is 1. The van der Waals surface area contributed by atoms with Gasteiger partial charge in [0, 0.05) is 13.5 Å². The Kier molecular flexibility index (Phi) is 4.79. The van der Waals surface area contributed by atoms with Crippen LogP contribution in [0.5, 0.6) is 0 Å². The van der Waals surface area contributed by atoms with Gasteiger partial charge in [0.1, 0.15) is 5.54 Å². The molecule has 2 aliphatic rings. The average molecular weight is 343 g/mol. The van der Waals surface area contributed by atoms with Gasteiger partial charge in [0.15, 0.2) is 0 Å². The van der Waals surface area contributed by atoms with Crippen molar-refractivity contribution in [2.75, 3.05) is 0 Å². The van der Waals surface area contributed by atoms with Crippen molar-refractivity contribution in [2.45, 2.75) is 58.2 Å². The Bertz CT molecular complexity index is 703. The van der Waals surface area contributed by atoms with E-state index in [1.165, 1.54) is 11.8 Å². The Morgan fingerprint density at radius 1 is 1.32 bits per heavy atom. The van der Waals surface area contributed by atoms with Gasteiger partial charge in [-0.15, -0.1) is 0 Å². The highest BCUT2D eigenvalue weighted by Crippen LogP contribution is 2.38. The molecule has 6 heteroatoms. The Balaban J connectivity index is 1.74. The van der Waals surface area contributed by atoms with Crippen molar-refractivity contribution >= 4 is 17.8 Å². The summed E-state index contributed by atoms with van der Waals surface area (Å²) in [7, 11) is 0. The predicted molar refractivity (Wildman–Crippen MR) is 93.4 cm³/mol. The van der Waals surface area contributed by atoms with Crippen LogP contribution < -0.4 is 10.6 Å². The predicted octanol–water partition coefficient (Wildman–Crippen LogP) is 2.32. The van der Waals surface area contributed by atoms with Gasteiger partial charge in [-0.2, -0.15) is 0 Å². The van der Waals surface area contributed by atoms with Crippen molar-refractivity contribution in [2.24, 2.45) is 5.92 Å². The van der Waals surface area contributed by atoms with Gasteiger partial charge in [0.2, 0.25) is 5.91 Å². The fourth-order valence-electron chi connectivity index (χ4n) is 3.89. The molecule has 1 aliphatic carbocycles. The molecular formula is C19H25N3O3. The van der Waals surface area contributed by atoms with Crippen LogP contribution in [0.25, 0.3) is 0 Å². The van der Waals surface area contributed by atoms with Gasteiger partial charge in [-0.3, -0.25) is 14.5 Å². The minimum atomic E-state index is -0.719. The molecule has 3 rings (SSSR count). The lowest BCUT2D eigenvalue weighted by Crippen LogP contribution is -2.53. The standard InChI is InChI=1S/C19H25N3O3/c1-13-6-3-4-9-19(13)17(24)22(18(25)21-19)12-16-8-5-7-15(10-16)11-20-14(2)23/h5,7-8,10,13H,3-4,6,9,11-12H2,1-2H3,(H,20,23)(H,21,25)/t13-,19+/m0/s1. The number of carbonyl (C=O) groups is 3. The molecule has 2 N–H and O–H groups in total. The molecule has 1 aromatic carbocycles. The SMILES string of the molecule is CC(=O)NCc1cccc(CN2C(=O)N[C@@]3(CCCC[C@@H]3C)C2=O)c1. The van der Waals surface area contributed by atoms with E-state index in [0.29, 0.717) is 6.54 Å². The molecule has 2 atom stereocenters. The van der Waals surface area contributed by atoms with Crippen LogP contribution in [0.3, 0.4) is 0 Å². The van der Waals surface area contributed by atoms with Gasteiger partial charge in [-0.25, -0.2) is 4.79 Å². The van der Waals surface area contributed by atoms with E-state index < -0.39 is 5.54 Å². The van der Waals surface area contributed by atoms with Gasteiger partial charge < -0.3 is 10.6 Å². The Hall–Kier alpha value is -2.37. The van der Waals surface area contributed by atoms with Crippen LogP contribution in [0.1, 0.15) is 50.7 Å². The van der Waals surface area contributed by atoms with Gasteiger partial charge in [-0.05, 0) is 29.9 Å². The van der Waals surface area contributed by atoms with E-state index in [0.717, 1.165) is 36.8 Å². The van der Waals surface area contributed by atoms with Crippen LogP contribution in [-0.4, -0.2) is 28.3 Å². The lowest BCUT2D eigenvalue weighted by atomic mass is 9.73. The highest BCUT2D eigenvalue weighted by atomic mass is 16.2. The summed E-state index contributed by atoms with van der Waals surface area (Å²) >= 11 is 0. The van der Waals surface area contributed by atoms with Gasteiger partial charge in [0.05, 0.1) is 6.54 Å². The third kappa shape index (κ3) is 3.38. The summed E-state index contributed by atoms with van der Waals surface area (Å²) in [6.45, 7) is 4.22. The third-order valence-corrected chi connectivity index (χ3v) is 5.37. The molecule has 0 radical (unpaired) electrons. The highest BCUT2D eigenvalue weighted by Gasteiger charge is 2.54. The quantitative estimate of drug-likeness (QED) is 0.824. The Morgan fingerprint density at radius 3 is 2.80 bits per heavy atom. The Labute approximate surface area is 148 Å². The maximum atomic E-state index is 13.0. The number of rotatable bonds is 4. The van der Waals surface area contributed by atoms with Crippen LogP contribution in [0.15, 0.2) is 24.3 Å². The molecule has 1 aliphatic heterocycles. The van der Waals surface area contributed by atoms with Crippen LogP contribution in [0.2, 0.25) is 0 Å². The number of hydrogen-bond acceptors (Lipinski definition) is 3. The third-order valence-electron chi connectivity index (χ3n) is 5.37. The number of benzene rings is 1. The lowest BCUT2D eigenvalue weighted by molar-refractivity contribution is -0.134. The summed E-state index contributed by atoms with van der Waals surface area (Å²) in [6, 6.07) is 7.31. The molecule has 0 unspecified atom stereocenters. The van der Waals surface area contributed by atoms with E-state index in [-0.39, 0.29) is 30.3 Å². The molecular weight excluding hydrogens is 318 g/mol. The lowest BCUT2D eigenvalue weighted by Gasteiger charge is -2.36. The van der Waals surface area contributed by atoms with Crippen molar-refractivity contribution in [3.63, 3.8) is 0 Å². The van der Waals surface area contributed by atoms with E-state index in [4.69, 9.17) is 0 Å². The van der Waals surface area contributed by atoms with Crippen LogP contribution in [0, 0.1) is 5.92 Å². The second kappa shape index (κ2) is 6.86. The molecule has 134 valence electrons. The molecule has 1 spiro atoms. The number of amides is 4. The van der Waals surface area contributed by atoms with Gasteiger partial charge in [0.25, 0.3) is 5.91 Å². The van der Waals surface area contributed by atoms with Crippen molar-refractivity contribution in [3.8, 4) is 0 Å². The molecule has 6 nitrogen and oxygen atoms in total. The normalized spacial score (nSPS) is 26.0. The number of hydrogen-bond donors (Lipinski definition) is 2. The first kappa shape index (κ1) is 17.5. The summed E-state index contributed by atoms with van der Waals surface area (Å²) in [5.74, 6) is -0.0292. The molecule has 1 heterocycles. The number of carbonyl (C=O) groups excluding carboxylic acids is 3. The summed E-state index contributed by atoms with van der Waals surface area (Å²) < 4.78 is 0. The maximum Gasteiger partial charge on any atom is 0.325 e. The summed E-state index contributed by atoms with van der Waals surface area (Å²) in [5, 5.41) is 5.73. The van der Waals surface area contributed by atoms with Crippen molar-refractivity contribution < 1.29 is 14.4 Å². The second-order valence-corrected chi connectivity index (χ2v) is 7.17. The molecule has 0 bridgehead atoms. The largest absolute Gasteiger partial charge is 0.352 e. The van der Waals surface area contributed by atoms with E-state index in [9.17, 15) is 14.4 Å². The van der Waals surface area contributed by atoms with E-state index in [1.54, 1.807) is 0 Å². The highest BCUT2D eigenvalue weighted by molar-refractivity contribution is 6.07. The first-order chi connectivity index (χ1) is 11.9. The number of imide groups is 1. The van der Waals surface area contributed by atoms with Crippen molar-refractivity contribution in [1.82, 2.24) is 15.5 Å². The molecule has 0 aromatic heterocycles. The van der Waals surface area contributed by atoms with E-state index >= 15 is 0 Å². The zero-order valence-electron chi connectivity index (χ0n) is 14.8. The van der Waals surface area contributed by atoms with Crippen LogP contribution in [0.4, 0.5) is 4.79 Å². The minimum absolute atomic E-state index is 0.0901. The van der Waals surface area contributed by atoms with Gasteiger partial charge in [-0.1, -0.05) is 44.0 Å². The fraction of sp³-hybridized carbons (Fsp3) is 0.526. The average Bonchev–Trinajstić information content (AvgIpc) is 2.81. The zero-order chi connectivity index (χ0) is 18.0. The topological polar surface area (TPSA) is 78.5 Å². The molecule has 25 heavy (non-hydrogen) atoms. The van der Waals surface area contributed by atoms with Crippen LogP contribution >= 0.6 is 0 Å². The molecule has 1 saturated heterocycles. The first-order valence-electron chi connectivity index (χ1n) is 8.89. The fourth-order valence-corrected chi connectivity index (χ4v) is 3.89. The second-order valence-electron chi connectivity index (χ2n) is 7.17. The molecule has 1 aromatic rings. The Morgan fingerprint density at radius 2 is 2.08 bits per heavy atom. The van der Waals surface area contributed by atoms with E-state index in [1.807, 2.05) is 24.3 Å². The monoisotopic (exact) mass is 343 g/mol. The smallest absolute Gasteiger partial charge is 0.325 e. The summed E-state index contributed by atoms with van der Waals surface area (Å²) in [5.41, 5.74) is 1.11.